The van der Waals surface area contributed by atoms with Crippen molar-refractivity contribution < 1.29 is 4.79 Å². The molecule has 2 heterocycles. The van der Waals surface area contributed by atoms with E-state index in [2.05, 4.69) is 20.4 Å². The number of carbonyl (C=O) groups is 1. The van der Waals surface area contributed by atoms with E-state index in [0.29, 0.717) is 11.6 Å². The summed E-state index contributed by atoms with van der Waals surface area (Å²) in [6.45, 7) is 3.32. The molecule has 7 nitrogen and oxygen atoms in total. The number of carbonyl (C=O) groups excluding carboxylic acids is 1. The van der Waals surface area contributed by atoms with Crippen LogP contribution in [0, 0.1) is 0 Å². The van der Waals surface area contributed by atoms with Crippen molar-refractivity contribution >= 4 is 29.1 Å². The summed E-state index contributed by atoms with van der Waals surface area (Å²) in [5, 5.41) is 7.18. The van der Waals surface area contributed by atoms with Gasteiger partial charge in [-0.25, -0.2) is 0 Å². The number of fused-ring (bicyclic) bond motifs is 1. The largest absolute Gasteiger partial charge is 0.368 e. The van der Waals surface area contributed by atoms with Crippen LogP contribution in [0.4, 0.5) is 5.82 Å². The lowest BCUT2D eigenvalue weighted by atomic mass is 10.1. The molecule has 0 saturated carbocycles. The molecule has 0 aromatic carbocycles. The SMILES string of the molecule is CC(C)(Nc1cc(Cl)nc2ncnn12)C(N)=O. The van der Waals surface area contributed by atoms with E-state index in [1.54, 1.807) is 19.9 Å². The van der Waals surface area contributed by atoms with Gasteiger partial charge in [0, 0.05) is 6.07 Å². The van der Waals surface area contributed by atoms with Gasteiger partial charge in [0.25, 0.3) is 5.78 Å². The molecule has 0 radical (unpaired) electrons. The Hall–Kier alpha value is -1.89. The topological polar surface area (TPSA) is 98.2 Å². The fourth-order valence-electron chi connectivity index (χ4n) is 1.25. The minimum absolute atomic E-state index is 0.258. The second-order valence-electron chi connectivity index (χ2n) is 4.05. The summed E-state index contributed by atoms with van der Waals surface area (Å²) in [5.74, 6) is 0.361. The molecule has 0 fully saturated rings. The summed E-state index contributed by atoms with van der Waals surface area (Å²) < 4.78 is 1.44. The Morgan fingerprint density at radius 3 is 2.94 bits per heavy atom. The number of nitrogens with one attached hydrogen (secondary N) is 1. The predicted molar refractivity (Wildman–Crippen MR) is 62.7 cm³/mol. The Bertz CT molecular complexity index is 578. The lowest BCUT2D eigenvalue weighted by molar-refractivity contribution is -0.121. The molecule has 3 N–H and O–H groups in total. The average molecular weight is 255 g/mol. The van der Waals surface area contributed by atoms with Gasteiger partial charge in [-0.1, -0.05) is 11.6 Å². The number of amides is 1. The minimum atomic E-state index is -0.927. The summed E-state index contributed by atoms with van der Waals surface area (Å²) in [7, 11) is 0. The molecule has 8 heteroatoms. The number of nitrogens with zero attached hydrogens (tertiary/aromatic N) is 4. The third-order valence-corrected chi connectivity index (χ3v) is 2.47. The van der Waals surface area contributed by atoms with E-state index in [1.165, 1.54) is 10.8 Å². The van der Waals surface area contributed by atoms with Gasteiger partial charge in [-0.3, -0.25) is 4.79 Å². The van der Waals surface area contributed by atoms with Crippen molar-refractivity contribution in [2.24, 2.45) is 5.73 Å². The van der Waals surface area contributed by atoms with Crippen LogP contribution in [-0.2, 0) is 4.79 Å². The number of nitrogens with two attached hydrogens (primary N) is 1. The van der Waals surface area contributed by atoms with Gasteiger partial charge in [0.2, 0.25) is 5.91 Å². The van der Waals surface area contributed by atoms with Crippen molar-refractivity contribution in [3.63, 3.8) is 0 Å². The Balaban J connectivity index is 2.48. The summed E-state index contributed by atoms with van der Waals surface area (Å²) in [5.41, 5.74) is 4.35. The highest BCUT2D eigenvalue weighted by atomic mass is 35.5. The van der Waals surface area contributed by atoms with E-state index < -0.39 is 11.4 Å². The third-order valence-electron chi connectivity index (χ3n) is 2.28. The highest BCUT2D eigenvalue weighted by molar-refractivity contribution is 6.29. The number of hydrogen-bond donors (Lipinski definition) is 2. The molecule has 0 atom stereocenters. The van der Waals surface area contributed by atoms with Crippen LogP contribution in [0.5, 0.6) is 0 Å². The molecule has 17 heavy (non-hydrogen) atoms. The first-order valence-electron chi connectivity index (χ1n) is 4.84. The molecule has 0 saturated heterocycles. The molecule has 0 aliphatic carbocycles. The molecule has 0 unspecified atom stereocenters. The zero-order valence-electron chi connectivity index (χ0n) is 9.31. The lowest BCUT2D eigenvalue weighted by Crippen LogP contribution is -2.45. The minimum Gasteiger partial charge on any atom is -0.368 e. The van der Waals surface area contributed by atoms with E-state index in [0.717, 1.165) is 0 Å². The van der Waals surface area contributed by atoms with E-state index in [9.17, 15) is 4.79 Å². The standard InChI is InChI=1S/C9H11ClN6O/c1-9(2,7(11)17)15-6-3-5(10)14-8-12-4-13-16(6)8/h3-4,15H,1-2H3,(H2,11,17). The summed E-state index contributed by atoms with van der Waals surface area (Å²) >= 11 is 5.84. The number of aromatic nitrogens is 4. The van der Waals surface area contributed by atoms with Crippen molar-refractivity contribution in [1.29, 1.82) is 0 Å². The molecule has 2 aromatic heterocycles. The highest BCUT2D eigenvalue weighted by Gasteiger charge is 2.25. The first kappa shape index (κ1) is 11.6. The fraction of sp³-hybridized carbons (Fsp3) is 0.333. The van der Waals surface area contributed by atoms with Crippen LogP contribution in [0.3, 0.4) is 0 Å². The number of anilines is 1. The first-order valence-corrected chi connectivity index (χ1v) is 5.22. The molecule has 2 rings (SSSR count). The molecule has 0 bridgehead atoms. The van der Waals surface area contributed by atoms with Gasteiger partial charge >= 0.3 is 0 Å². The second kappa shape index (κ2) is 3.85. The number of halogens is 1. The molecule has 0 aliphatic heterocycles. The zero-order valence-corrected chi connectivity index (χ0v) is 10.1. The smallest absolute Gasteiger partial charge is 0.255 e. The van der Waals surface area contributed by atoms with E-state index in [4.69, 9.17) is 17.3 Å². The van der Waals surface area contributed by atoms with E-state index in [-0.39, 0.29) is 5.15 Å². The molecular formula is C9H11ClN6O. The molecule has 2 aromatic rings. The average Bonchev–Trinajstić information content (AvgIpc) is 2.64. The van der Waals surface area contributed by atoms with Crippen LogP contribution in [-0.4, -0.2) is 31.0 Å². The van der Waals surface area contributed by atoms with E-state index in [1.807, 2.05) is 0 Å². The number of hydrogen-bond acceptors (Lipinski definition) is 5. The summed E-state index contributed by atoms with van der Waals surface area (Å²) in [4.78, 5) is 19.1. The Labute approximate surface area is 102 Å². The van der Waals surface area contributed by atoms with Crippen LogP contribution in [0.2, 0.25) is 5.15 Å². The van der Waals surface area contributed by atoms with Crippen LogP contribution in [0.15, 0.2) is 12.4 Å². The van der Waals surface area contributed by atoms with Gasteiger partial charge in [0.05, 0.1) is 0 Å². The highest BCUT2D eigenvalue weighted by Crippen LogP contribution is 2.18. The van der Waals surface area contributed by atoms with Gasteiger partial charge < -0.3 is 11.1 Å². The maximum atomic E-state index is 11.3. The fourth-order valence-corrected chi connectivity index (χ4v) is 1.43. The van der Waals surface area contributed by atoms with Crippen LogP contribution >= 0.6 is 11.6 Å². The molecule has 0 aliphatic rings. The van der Waals surface area contributed by atoms with Gasteiger partial charge in [-0.15, -0.1) is 0 Å². The molecule has 0 spiro atoms. The van der Waals surface area contributed by atoms with Crippen molar-refractivity contribution in [3.8, 4) is 0 Å². The van der Waals surface area contributed by atoms with Crippen molar-refractivity contribution in [1.82, 2.24) is 19.6 Å². The summed E-state index contributed by atoms with van der Waals surface area (Å²) in [6.07, 6.45) is 1.35. The van der Waals surface area contributed by atoms with Crippen LogP contribution in [0.1, 0.15) is 13.8 Å². The van der Waals surface area contributed by atoms with Gasteiger partial charge in [-0.05, 0) is 13.8 Å². The van der Waals surface area contributed by atoms with Gasteiger partial charge in [-0.2, -0.15) is 19.6 Å². The monoisotopic (exact) mass is 254 g/mol. The second-order valence-corrected chi connectivity index (χ2v) is 4.44. The molecular weight excluding hydrogens is 244 g/mol. The van der Waals surface area contributed by atoms with Gasteiger partial charge in [0.1, 0.15) is 22.8 Å². The molecule has 1 amide bonds. The van der Waals surface area contributed by atoms with Crippen LogP contribution in [0.25, 0.3) is 5.78 Å². The predicted octanol–water partition coefficient (Wildman–Crippen LogP) is 0.453. The Morgan fingerprint density at radius 2 is 2.29 bits per heavy atom. The number of rotatable bonds is 3. The number of primary amides is 1. The quantitative estimate of drug-likeness (QED) is 0.775. The Morgan fingerprint density at radius 1 is 1.59 bits per heavy atom. The van der Waals surface area contributed by atoms with Crippen molar-refractivity contribution in [2.75, 3.05) is 5.32 Å². The maximum Gasteiger partial charge on any atom is 0.255 e. The molecule has 90 valence electrons. The van der Waals surface area contributed by atoms with Crippen molar-refractivity contribution in [2.45, 2.75) is 19.4 Å². The maximum absolute atomic E-state index is 11.3. The third kappa shape index (κ3) is 2.14. The summed E-state index contributed by atoms with van der Waals surface area (Å²) in [6, 6.07) is 1.55. The van der Waals surface area contributed by atoms with Crippen LogP contribution < -0.4 is 11.1 Å². The Kier molecular flexibility index (Phi) is 2.62. The lowest BCUT2D eigenvalue weighted by Gasteiger charge is -2.23. The van der Waals surface area contributed by atoms with Crippen molar-refractivity contribution in [3.05, 3.63) is 17.5 Å². The zero-order chi connectivity index (χ0) is 12.6. The van der Waals surface area contributed by atoms with Gasteiger partial charge in [0.15, 0.2) is 0 Å². The normalized spacial score (nSPS) is 11.7. The van der Waals surface area contributed by atoms with E-state index >= 15 is 0 Å². The first-order chi connectivity index (χ1) is 7.90.